The van der Waals surface area contributed by atoms with Crippen LogP contribution in [0.2, 0.25) is 5.02 Å². The maximum atomic E-state index is 12.1. The lowest BCUT2D eigenvalue weighted by Gasteiger charge is -2.29. The van der Waals surface area contributed by atoms with Crippen molar-refractivity contribution in [2.45, 2.75) is 38.6 Å². The lowest BCUT2D eigenvalue weighted by atomic mass is 9.86. The zero-order valence-corrected chi connectivity index (χ0v) is 13.4. The molecule has 2 rings (SSSR count). The Morgan fingerprint density at radius 1 is 1.38 bits per heavy atom. The highest BCUT2D eigenvalue weighted by Crippen LogP contribution is 2.27. The third kappa shape index (κ3) is 4.53. The molecule has 116 valence electrons. The van der Waals surface area contributed by atoms with Gasteiger partial charge in [-0.15, -0.1) is 0 Å². The molecule has 1 aliphatic carbocycles. The summed E-state index contributed by atoms with van der Waals surface area (Å²) in [6.07, 6.45) is 4.74. The number of hydrogen-bond acceptors (Lipinski definition) is 3. The zero-order chi connectivity index (χ0) is 15.2. The van der Waals surface area contributed by atoms with Crippen LogP contribution in [0.15, 0.2) is 18.2 Å². The second-order valence-corrected chi connectivity index (χ2v) is 6.07. The maximum Gasteiger partial charge on any atom is 0.239 e. The molecular formula is C16H23ClN2O2. The molecule has 1 fully saturated rings. The lowest BCUT2D eigenvalue weighted by molar-refractivity contribution is -0.120. The number of rotatable bonds is 5. The van der Waals surface area contributed by atoms with E-state index in [2.05, 4.69) is 17.6 Å². The monoisotopic (exact) mass is 310 g/mol. The summed E-state index contributed by atoms with van der Waals surface area (Å²) in [5.74, 6) is 1.25. The van der Waals surface area contributed by atoms with Crippen molar-refractivity contribution in [3.05, 3.63) is 23.2 Å². The molecule has 1 aromatic carbocycles. The first kappa shape index (κ1) is 16.0. The maximum absolute atomic E-state index is 12.1. The summed E-state index contributed by atoms with van der Waals surface area (Å²) in [5.41, 5.74) is 0.733. The van der Waals surface area contributed by atoms with Crippen LogP contribution in [0.25, 0.3) is 0 Å². The molecule has 0 saturated heterocycles. The number of methoxy groups -OCH3 is 1. The van der Waals surface area contributed by atoms with Crippen LogP contribution in [-0.4, -0.2) is 25.6 Å². The average molecular weight is 311 g/mol. The molecule has 21 heavy (non-hydrogen) atoms. The van der Waals surface area contributed by atoms with Crippen LogP contribution < -0.4 is 15.4 Å². The smallest absolute Gasteiger partial charge is 0.239 e. The molecule has 2 unspecified atom stereocenters. The third-order valence-electron chi connectivity index (χ3n) is 4.06. The minimum Gasteiger partial charge on any atom is -0.495 e. The molecule has 0 aromatic heterocycles. The van der Waals surface area contributed by atoms with Crippen molar-refractivity contribution < 1.29 is 9.53 Å². The largest absolute Gasteiger partial charge is 0.495 e. The number of benzene rings is 1. The highest BCUT2D eigenvalue weighted by molar-refractivity contribution is 6.30. The number of halogens is 1. The molecule has 2 N–H and O–H groups in total. The van der Waals surface area contributed by atoms with Gasteiger partial charge in [0.1, 0.15) is 5.75 Å². The van der Waals surface area contributed by atoms with E-state index in [1.165, 1.54) is 19.3 Å². The summed E-state index contributed by atoms with van der Waals surface area (Å²) in [4.78, 5) is 12.1. The number of hydrogen-bond donors (Lipinski definition) is 2. The highest BCUT2D eigenvalue weighted by atomic mass is 35.5. The molecule has 1 aliphatic rings. The Kier molecular flexibility index (Phi) is 5.74. The van der Waals surface area contributed by atoms with Crippen LogP contribution in [-0.2, 0) is 4.79 Å². The fraction of sp³-hybridized carbons (Fsp3) is 0.562. The summed E-state index contributed by atoms with van der Waals surface area (Å²) in [6.45, 7) is 2.43. The molecule has 0 heterocycles. The van der Waals surface area contributed by atoms with Crippen molar-refractivity contribution in [3.8, 4) is 5.75 Å². The summed E-state index contributed by atoms with van der Waals surface area (Å²) in [5, 5.41) is 6.81. The summed E-state index contributed by atoms with van der Waals surface area (Å²) >= 11 is 5.97. The molecular weight excluding hydrogens is 288 g/mol. The molecule has 0 spiro atoms. The second-order valence-electron chi connectivity index (χ2n) is 5.63. The molecule has 1 amide bonds. The van der Waals surface area contributed by atoms with E-state index in [1.54, 1.807) is 25.3 Å². The van der Waals surface area contributed by atoms with E-state index in [0.29, 0.717) is 22.7 Å². The topological polar surface area (TPSA) is 50.4 Å². The van der Waals surface area contributed by atoms with Gasteiger partial charge in [0.2, 0.25) is 5.91 Å². The number of ether oxygens (including phenoxy) is 1. The number of carbonyl (C=O) groups excluding carboxylic acids is 1. The van der Waals surface area contributed by atoms with Gasteiger partial charge in [0, 0.05) is 11.1 Å². The van der Waals surface area contributed by atoms with Gasteiger partial charge in [0.25, 0.3) is 0 Å². The first-order chi connectivity index (χ1) is 10.1. The molecule has 1 saturated carbocycles. The van der Waals surface area contributed by atoms with Crippen LogP contribution in [0, 0.1) is 5.92 Å². The van der Waals surface area contributed by atoms with Crippen LogP contribution in [0.1, 0.15) is 32.6 Å². The number of nitrogens with one attached hydrogen (secondary N) is 2. The van der Waals surface area contributed by atoms with Gasteiger partial charge in [-0.1, -0.05) is 31.4 Å². The third-order valence-corrected chi connectivity index (χ3v) is 4.29. The highest BCUT2D eigenvalue weighted by Gasteiger charge is 2.22. The first-order valence-corrected chi connectivity index (χ1v) is 7.84. The lowest BCUT2D eigenvalue weighted by Crippen LogP contribution is -2.43. The van der Waals surface area contributed by atoms with Crippen LogP contribution >= 0.6 is 11.6 Å². The van der Waals surface area contributed by atoms with E-state index in [4.69, 9.17) is 16.3 Å². The predicted molar refractivity (Wildman–Crippen MR) is 86.1 cm³/mol. The Morgan fingerprint density at radius 3 is 2.86 bits per heavy atom. The van der Waals surface area contributed by atoms with E-state index in [9.17, 15) is 4.79 Å². The second kappa shape index (κ2) is 7.55. The number of carbonyl (C=O) groups is 1. The number of amides is 1. The van der Waals surface area contributed by atoms with E-state index in [-0.39, 0.29) is 12.5 Å². The standard InChI is InChI=1S/C16H23ClN2O2/c1-11-5-3-4-6-13(11)19-16(20)10-18-14-9-12(17)7-8-15(14)21-2/h7-9,11,13,18H,3-6,10H2,1-2H3,(H,19,20). The van der Waals surface area contributed by atoms with Crippen LogP contribution in [0.3, 0.4) is 0 Å². The van der Waals surface area contributed by atoms with Crippen LogP contribution in [0.4, 0.5) is 5.69 Å². The van der Waals surface area contributed by atoms with E-state index >= 15 is 0 Å². The van der Waals surface area contributed by atoms with Gasteiger partial charge in [-0.3, -0.25) is 4.79 Å². The van der Waals surface area contributed by atoms with Gasteiger partial charge in [-0.25, -0.2) is 0 Å². The molecule has 0 aliphatic heterocycles. The molecule has 0 bridgehead atoms. The predicted octanol–water partition coefficient (Wildman–Crippen LogP) is 3.46. The minimum absolute atomic E-state index is 0.00998. The zero-order valence-electron chi connectivity index (χ0n) is 12.6. The van der Waals surface area contributed by atoms with Crippen molar-refractivity contribution in [2.75, 3.05) is 19.0 Å². The summed E-state index contributed by atoms with van der Waals surface area (Å²) in [7, 11) is 1.60. The Hall–Kier alpha value is -1.42. The van der Waals surface area contributed by atoms with Gasteiger partial charge in [0.15, 0.2) is 0 Å². The van der Waals surface area contributed by atoms with Crippen LogP contribution in [0.5, 0.6) is 5.75 Å². The fourth-order valence-corrected chi connectivity index (χ4v) is 2.95. The fourth-order valence-electron chi connectivity index (χ4n) is 2.78. The Bertz CT molecular complexity index is 493. The van der Waals surface area contributed by atoms with Gasteiger partial charge < -0.3 is 15.4 Å². The van der Waals surface area contributed by atoms with Crippen molar-refractivity contribution in [1.29, 1.82) is 0 Å². The van der Waals surface area contributed by atoms with Gasteiger partial charge in [-0.2, -0.15) is 0 Å². The molecule has 2 atom stereocenters. The normalized spacial score (nSPS) is 21.7. The van der Waals surface area contributed by atoms with Gasteiger partial charge in [-0.05, 0) is 37.0 Å². The quantitative estimate of drug-likeness (QED) is 0.875. The van der Waals surface area contributed by atoms with Crippen molar-refractivity contribution in [1.82, 2.24) is 5.32 Å². The Labute approximate surface area is 131 Å². The molecule has 0 radical (unpaired) electrons. The summed E-state index contributed by atoms with van der Waals surface area (Å²) < 4.78 is 5.25. The van der Waals surface area contributed by atoms with Gasteiger partial charge >= 0.3 is 0 Å². The molecule has 1 aromatic rings. The van der Waals surface area contributed by atoms with E-state index < -0.39 is 0 Å². The number of anilines is 1. The minimum atomic E-state index is 0.00998. The van der Waals surface area contributed by atoms with Gasteiger partial charge in [0.05, 0.1) is 19.3 Å². The summed E-state index contributed by atoms with van der Waals surface area (Å²) in [6, 6.07) is 5.60. The molecule has 5 heteroatoms. The van der Waals surface area contributed by atoms with E-state index in [1.807, 2.05) is 0 Å². The van der Waals surface area contributed by atoms with E-state index in [0.717, 1.165) is 12.1 Å². The Balaban J connectivity index is 1.87. The van der Waals surface area contributed by atoms with Crippen molar-refractivity contribution in [3.63, 3.8) is 0 Å². The van der Waals surface area contributed by atoms with Crippen molar-refractivity contribution in [2.24, 2.45) is 5.92 Å². The molecule has 4 nitrogen and oxygen atoms in total. The first-order valence-electron chi connectivity index (χ1n) is 7.47. The average Bonchev–Trinajstić information content (AvgIpc) is 2.48. The van der Waals surface area contributed by atoms with Crippen molar-refractivity contribution >= 4 is 23.2 Å². The Morgan fingerprint density at radius 2 is 2.14 bits per heavy atom. The SMILES string of the molecule is COc1ccc(Cl)cc1NCC(=O)NC1CCCCC1C.